The van der Waals surface area contributed by atoms with Crippen molar-refractivity contribution in [1.82, 2.24) is 14.9 Å². The number of rotatable bonds is 5. The van der Waals surface area contributed by atoms with Crippen molar-refractivity contribution in [2.45, 2.75) is 55.0 Å². The number of nitrogens with one attached hydrogen (secondary N) is 1. The minimum atomic E-state index is -0.301. The third-order valence-corrected chi connectivity index (χ3v) is 6.21. The molecule has 1 aliphatic rings. The number of amides is 1. The highest BCUT2D eigenvalue weighted by Gasteiger charge is 2.27. The van der Waals surface area contributed by atoms with Crippen LogP contribution >= 0.6 is 23.5 Å². The summed E-state index contributed by atoms with van der Waals surface area (Å²) in [6, 6.07) is 7.28. The molecule has 1 aromatic carbocycles. The predicted octanol–water partition coefficient (Wildman–Crippen LogP) is 3.28. The quantitative estimate of drug-likeness (QED) is 0.592. The molecular weight excluding hydrogens is 394 g/mol. The molecule has 0 fully saturated rings. The number of hydrogen-bond donors (Lipinski definition) is 1. The Bertz CT molecular complexity index is 933. The molecule has 0 aliphatic carbocycles. The van der Waals surface area contributed by atoms with Crippen molar-refractivity contribution in [1.29, 1.82) is 0 Å². The van der Waals surface area contributed by atoms with Crippen LogP contribution in [0.3, 0.4) is 0 Å². The topological polar surface area (TPSA) is 73.2 Å². The summed E-state index contributed by atoms with van der Waals surface area (Å²) in [5.74, 6) is 0.824. The molecule has 0 saturated heterocycles. The van der Waals surface area contributed by atoms with Crippen LogP contribution in [0.4, 0.5) is 0 Å². The average molecular weight is 420 g/mol. The third-order valence-electron chi connectivity index (χ3n) is 4.06. The maximum Gasteiger partial charge on any atom is 0.272 e. The van der Waals surface area contributed by atoms with Gasteiger partial charge >= 0.3 is 0 Å². The normalized spacial score (nSPS) is 16.0. The van der Waals surface area contributed by atoms with Gasteiger partial charge in [0.2, 0.25) is 5.91 Å². The lowest BCUT2D eigenvalue weighted by Gasteiger charge is -2.20. The van der Waals surface area contributed by atoms with E-state index in [1.807, 2.05) is 45.0 Å². The van der Waals surface area contributed by atoms with Crippen LogP contribution < -0.4 is 15.6 Å². The number of nitrogens with zero attached hydrogens (tertiary/aromatic N) is 2. The highest BCUT2D eigenvalue weighted by molar-refractivity contribution is 8.00. The van der Waals surface area contributed by atoms with Gasteiger partial charge in [0, 0.05) is 17.2 Å². The molecule has 1 N–H and O–H groups in total. The molecule has 0 bridgehead atoms. The molecule has 0 saturated carbocycles. The van der Waals surface area contributed by atoms with E-state index in [1.54, 1.807) is 23.4 Å². The number of methoxy groups -OCH3 is 1. The number of ether oxygens (including phenoxy) is 1. The van der Waals surface area contributed by atoms with E-state index in [0.717, 1.165) is 12.1 Å². The summed E-state index contributed by atoms with van der Waals surface area (Å²) < 4.78 is 6.81. The van der Waals surface area contributed by atoms with E-state index in [1.165, 1.54) is 11.8 Å². The summed E-state index contributed by atoms with van der Waals surface area (Å²) in [6.07, 6.45) is 0.764. The molecule has 1 atom stereocenters. The fraction of sp³-hybridized carbons (Fsp3) is 0.450. The van der Waals surface area contributed by atoms with Crippen molar-refractivity contribution in [2.24, 2.45) is 0 Å². The van der Waals surface area contributed by atoms with Gasteiger partial charge in [-0.05, 0) is 45.0 Å². The van der Waals surface area contributed by atoms with Crippen LogP contribution in [-0.4, -0.2) is 39.1 Å². The minimum Gasteiger partial charge on any atom is -0.497 e. The van der Waals surface area contributed by atoms with Crippen LogP contribution in [0.2, 0.25) is 0 Å². The van der Waals surface area contributed by atoms with Gasteiger partial charge in [-0.2, -0.15) is 0 Å². The summed E-state index contributed by atoms with van der Waals surface area (Å²) in [5, 5.41) is 3.80. The van der Waals surface area contributed by atoms with Crippen LogP contribution in [0, 0.1) is 0 Å². The lowest BCUT2D eigenvalue weighted by atomic mass is 10.1. The Morgan fingerprint density at radius 2 is 2.04 bits per heavy atom. The molecule has 1 amide bonds. The molecule has 2 heterocycles. The molecule has 6 nitrogen and oxygen atoms in total. The monoisotopic (exact) mass is 419 g/mol. The molecular formula is C20H25N3O3S2. The lowest BCUT2D eigenvalue weighted by Crippen LogP contribution is -2.41. The summed E-state index contributed by atoms with van der Waals surface area (Å²) in [5.41, 5.74) is 1.15. The number of hydrogen-bond acceptors (Lipinski definition) is 6. The van der Waals surface area contributed by atoms with Gasteiger partial charge in [0.05, 0.1) is 29.1 Å². The second kappa shape index (κ2) is 8.21. The van der Waals surface area contributed by atoms with Gasteiger partial charge in [-0.1, -0.05) is 18.7 Å². The number of aromatic nitrogens is 2. The van der Waals surface area contributed by atoms with Gasteiger partial charge in [0.25, 0.3) is 5.56 Å². The Labute approximate surface area is 173 Å². The molecule has 28 heavy (non-hydrogen) atoms. The van der Waals surface area contributed by atoms with Gasteiger partial charge in [0.15, 0.2) is 5.16 Å². The lowest BCUT2D eigenvalue weighted by molar-refractivity contribution is -0.119. The molecule has 8 heteroatoms. The van der Waals surface area contributed by atoms with E-state index in [0.29, 0.717) is 26.7 Å². The molecule has 1 aromatic heterocycles. The Balaban J connectivity index is 1.98. The van der Waals surface area contributed by atoms with Crippen LogP contribution in [0.5, 0.6) is 5.75 Å². The number of thioether (sulfide) groups is 2. The zero-order chi connectivity index (χ0) is 20.5. The van der Waals surface area contributed by atoms with Crippen molar-refractivity contribution in [2.75, 3.05) is 12.9 Å². The third kappa shape index (κ3) is 4.72. The summed E-state index contributed by atoms with van der Waals surface area (Å²) in [4.78, 5) is 30.9. The van der Waals surface area contributed by atoms with Crippen LogP contribution in [-0.2, 0) is 11.2 Å². The van der Waals surface area contributed by atoms with Crippen LogP contribution in [0.25, 0.3) is 5.69 Å². The molecule has 0 spiro atoms. The van der Waals surface area contributed by atoms with Gasteiger partial charge in [-0.25, -0.2) is 4.98 Å². The molecule has 1 unspecified atom stereocenters. The first-order chi connectivity index (χ1) is 13.2. The molecule has 0 radical (unpaired) electrons. The van der Waals surface area contributed by atoms with E-state index >= 15 is 0 Å². The van der Waals surface area contributed by atoms with Crippen molar-refractivity contribution < 1.29 is 9.53 Å². The first-order valence-corrected chi connectivity index (χ1v) is 11.0. The summed E-state index contributed by atoms with van der Waals surface area (Å²) >= 11 is 2.85. The van der Waals surface area contributed by atoms with E-state index in [9.17, 15) is 9.59 Å². The fourth-order valence-electron chi connectivity index (χ4n) is 2.94. The summed E-state index contributed by atoms with van der Waals surface area (Å²) in [7, 11) is 1.60. The predicted molar refractivity (Wildman–Crippen MR) is 114 cm³/mol. The van der Waals surface area contributed by atoms with Crippen molar-refractivity contribution in [3.05, 3.63) is 40.3 Å². The first kappa shape index (κ1) is 20.8. The smallest absolute Gasteiger partial charge is 0.272 e. The fourth-order valence-corrected chi connectivity index (χ4v) is 4.87. The largest absolute Gasteiger partial charge is 0.497 e. The number of benzene rings is 1. The van der Waals surface area contributed by atoms with Gasteiger partial charge in [-0.3, -0.25) is 14.2 Å². The maximum atomic E-state index is 13.2. The number of carbonyl (C=O) groups excluding carboxylic acids is 1. The zero-order valence-electron chi connectivity index (χ0n) is 16.7. The maximum absolute atomic E-state index is 13.2. The number of fused-ring (bicyclic) bond motifs is 1. The molecule has 3 rings (SSSR count). The molecule has 1 aliphatic heterocycles. The second-order valence-electron chi connectivity index (χ2n) is 7.73. The minimum absolute atomic E-state index is 0.0803. The van der Waals surface area contributed by atoms with Crippen molar-refractivity contribution >= 4 is 29.4 Å². The van der Waals surface area contributed by atoms with E-state index < -0.39 is 0 Å². The zero-order valence-corrected chi connectivity index (χ0v) is 18.4. The van der Waals surface area contributed by atoms with Gasteiger partial charge in [-0.15, -0.1) is 11.8 Å². The van der Waals surface area contributed by atoms with Crippen LogP contribution in [0.1, 0.15) is 33.4 Å². The Kier molecular flexibility index (Phi) is 6.09. The average Bonchev–Trinajstić information content (AvgIpc) is 2.99. The highest BCUT2D eigenvalue weighted by atomic mass is 32.2. The summed E-state index contributed by atoms with van der Waals surface area (Å²) in [6.45, 7) is 7.91. The van der Waals surface area contributed by atoms with E-state index in [4.69, 9.17) is 9.72 Å². The standard InChI is InChI=1S/C20H25N3O3S2/c1-12-10-15-17(28-12)18(25)23(13-6-8-14(26-5)9-7-13)19(21-15)27-11-16(24)22-20(2,3)4/h6-9,12H,10-11H2,1-5H3,(H,22,24). The number of carbonyl (C=O) groups is 1. The SMILES string of the molecule is COc1ccc(-n2c(SCC(=O)NC(C)(C)C)nc3c(c2=O)SC(C)C3)cc1. The Morgan fingerprint density at radius 1 is 1.36 bits per heavy atom. The highest BCUT2D eigenvalue weighted by Crippen LogP contribution is 2.35. The van der Waals surface area contributed by atoms with E-state index in [2.05, 4.69) is 12.2 Å². The molecule has 150 valence electrons. The Hall–Kier alpha value is -1.93. The van der Waals surface area contributed by atoms with Crippen LogP contribution in [0.15, 0.2) is 39.1 Å². The van der Waals surface area contributed by atoms with Gasteiger partial charge in [0.1, 0.15) is 5.75 Å². The van der Waals surface area contributed by atoms with Crippen molar-refractivity contribution in [3.8, 4) is 11.4 Å². The van der Waals surface area contributed by atoms with E-state index in [-0.39, 0.29) is 22.8 Å². The first-order valence-electron chi connectivity index (χ1n) is 9.09. The van der Waals surface area contributed by atoms with Gasteiger partial charge < -0.3 is 10.1 Å². The second-order valence-corrected chi connectivity index (χ2v) is 10.1. The molecule has 2 aromatic rings. The Morgan fingerprint density at radius 3 is 2.64 bits per heavy atom. The van der Waals surface area contributed by atoms with Crippen molar-refractivity contribution in [3.63, 3.8) is 0 Å².